The van der Waals surface area contributed by atoms with Crippen molar-refractivity contribution in [2.75, 3.05) is 12.4 Å². The van der Waals surface area contributed by atoms with Crippen LogP contribution in [0.2, 0.25) is 0 Å². The molecule has 0 aliphatic heterocycles. The van der Waals surface area contributed by atoms with Crippen LogP contribution in [0.15, 0.2) is 30.5 Å². The summed E-state index contributed by atoms with van der Waals surface area (Å²) in [6.07, 6.45) is 2.81. The molecule has 0 saturated heterocycles. The van der Waals surface area contributed by atoms with Crippen molar-refractivity contribution >= 4 is 23.5 Å². The molecule has 1 N–H and O–H groups in total. The lowest BCUT2D eigenvalue weighted by Gasteiger charge is -2.27. The Morgan fingerprint density at radius 2 is 1.85 bits per heavy atom. The molecule has 26 heavy (non-hydrogen) atoms. The highest BCUT2D eigenvalue weighted by Crippen LogP contribution is 2.37. The Morgan fingerprint density at radius 1 is 1.19 bits per heavy atom. The number of benzene rings is 1. The molecule has 1 aliphatic rings. The predicted octanol–water partition coefficient (Wildman–Crippen LogP) is 3.29. The molecule has 1 saturated carbocycles. The second-order valence-electron chi connectivity index (χ2n) is 6.36. The van der Waals surface area contributed by atoms with E-state index in [0.717, 1.165) is 25.5 Å². The summed E-state index contributed by atoms with van der Waals surface area (Å²) in [5.41, 5.74) is 0.716. The molecule has 1 amide bonds. The number of esters is 2. The van der Waals surface area contributed by atoms with Crippen LogP contribution in [0, 0.1) is 11.7 Å². The molecule has 0 aromatic heterocycles. The maximum atomic E-state index is 14.2. The fourth-order valence-electron chi connectivity index (χ4n) is 3.07. The first kappa shape index (κ1) is 19.6. The number of amides is 1. The minimum absolute atomic E-state index is 0.0807. The lowest BCUT2D eigenvalue weighted by Crippen LogP contribution is -2.24. The standard InChI is InChI=1S/C19H22FNO5/c1-11(2)26-18(23)13-6-4-12(5-7-13)14-8-9-16(15(20)10-14)21-17(22)19(24)25-3/h8-10,12-13H,1,4-7H2,2-3H3,(H,21,22)/t12-,13+. The van der Waals surface area contributed by atoms with Crippen LogP contribution < -0.4 is 5.32 Å². The fourth-order valence-corrected chi connectivity index (χ4v) is 3.07. The topological polar surface area (TPSA) is 81.7 Å². The second kappa shape index (κ2) is 8.60. The van der Waals surface area contributed by atoms with Gasteiger partial charge in [-0.1, -0.05) is 12.6 Å². The Hall–Kier alpha value is -2.70. The number of allylic oxidation sites excluding steroid dienone is 1. The first-order chi connectivity index (χ1) is 12.3. The van der Waals surface area contributed by atoms with Gasteiger partial charge in [0.2, 0.25) is 0 Å². The summed E-state index contributed by atoms with van der Waals surface area (Å²) in [5.74, 6) is -2.66. The van der Waals surface area contributed by atoms with Crippen molar-refractivity contribution in [2.24, 2.45) is 5.92 Å². The van der Waals surface area contributed by atoms with Gasteiger partial charge in [0, 0.05) is 0 Å². The van der Waals surface area contributed by atoms with E-state index in [9.17, 15) is 18.8 Å². The number of carbonyl (C=O) groups excluding carboxylic acids is 3. The van der Waals surface area contributed by atoms with Crippen molar-refractivity contribution in [2.45, 2.75) is 38.5 Å². The molecule has 1 aromatic rings. The highest BCUT2D eigenvalue weighted by molar-refractivity contribution is 6.37. The number of methoxy groups -OCH3 is 1. The Morgan fingerprint density at radius 3 is 2.38 bits per heavy atom. The van der Waals surface area contributed by atoms with E-state index in [1.807, 2.05) is 0 Å². The van der Waals surface area contributed by atoms with Gasteiger partial charge in [-0.3, -0.25) is 9.59 Å². The molecule has 0 spiro atoms. The van der Waals surface area contributed by atoms with Crippen LogP contribution in [0.3, 0.4) is 0 Å². The second-order valence-corrected chi connectivity index (χ2v) is 6.36. The van der Waals surface area contributed by atoms with Crippen LogP contribution in [-0.2, 0) is 23.9 Å². The zero-order valence-electron chi connectivity index (χ0n) is 14.8. The summed E-state index contributed by atoms with van der Waals surface area (Å²) in [7, 11) is 1.07. The summed E-state index contributed by atoms with van der Waals surface area (Å²) >= 11 is 0. The van der Waals surface area contributed by atoms with Gasteiger partial charge < -0.3 is 14.8 Å². The number of rotatable bonds is 4. The Labute approximate surface area is 151 Å². The highest BCUT2D eigenvalue weighted by atomic mass is 19.1. The van der Waals surface area contributed by atoms with Crippen molar-refractivity contribution in [1.29, 1.82) is 0 Å². The largest absolute Gasteiger partial charge is 0.462 e. The summed E-state index contributed by atoms with van der Waals surface area (Å²) in [5, 5.41) is 2.17. The van der Waals surface area contributed by atoms with E-state index >= 15 is 0 Å². The highest BCUT2D eigenvalue weighted by Gasteiger charge is 2.28. The van der Waals surface area contributed by atoms with Crippen LogP contribution in [0.1, 0.15) is 44.1 Å². The zero-order valence-corrected chi connectivity index (χ0v) is 14.8. The Kier molecular flexibility index (Phi) is 6.49. The molecule has 0 unspecified atom stereocenters. The van der Waals surface area contributed by atoms with Crippen molar-refractivity contribution in [3.05, 3.63) is 41.9 Å². The van der Waals surface area contributed by atoms with E-state index in [1.165, 1.54) is 12.1 Å². The van der Waals surface area contributed by atoms with Crippen molar-refractivity contribution in [3.8, 4) is 0 Å². The van der Waals surface area contributed by atoms with Crippen LogP contribution >= 0.6 is 0 Å². The summed E-state index contributed by atoms with van der Waals surface area (Å²) in [4.78, 5) is 34.5. The molecule has 6 nitrogen and oxygen atoms in total. The SMILES string of the molecule is C=C(C)OC(=O)[C@H]1CC[C@@H](c2ccc(NC(=O)C(=O)OC)c(F)c2)CC1. The molecular formula is C19H22FNO5. The van der Waals surface area contributed by atoms with Crippen LogP contribution in [-0.4, -0.2) is 25.0 Å². The third-order valence-corrected chi connectivity index (χ3v) is 4.42. The number of halogens is 1. The zero-order chi connectivity index (χ0) is 19.3. The predicted molar refractivity (Wildman–Crippen MR) is 92.7 cm³/mol. The number of carbonyl (C=O) groups is 3. The molecule has 1 aliphatic carbocycles. The smallest absolute Gasteiger partial charge is 0.396 e. The van der Waals surface area contributed by atoms with E-state index in [4.69, 9.17) is 4.74 Å². The minimum atomic E-state index is -1.09. The minimum Gasteiger partial charge on any atom is -0.462 e. The van der Waals surface area contributed by atoms with Gasteiger partial charge in [0.05, 0.1) is 24.5 Å². The van der Waals surface area contributed by atoms with Crippen LogP contribution in [0.4, 0.5) is 10.1 Å². The quantitative estimate of drug-likeness (QED) is 0.504. The van der Waals surface area contributed by atoms with E-state index in [1.54, 1.807) is 13.0 Å². The van der Waals surface area contributed by atoms with Crippen molar-refractivity contribution in [3.63, 3.8) is 0 Å². The van der Waals surface area contributed by atoms with Gasteiger partial charge in [-0.15, -0.1) is 0 Å². The molecule has 7 heteroatoms. The number of hydrogen-bond acceptors (Lipinski definition) is 5. The van der Waals surface area contributed by atoms with E-state index in [0.29, 0.717) is 18.6 Å². The summed E-state index contributed by atoms with van der Waals surface area (Å²) in [6.45, 7) is 5.20. The summed E-state index contributed by atoms with van der Waals surface area (Å²) < 4.78 is 23.6. The lowest BCUT2D eigenvalue weighted by atomic mass is 9.78. The molecule has 1 aromatic carbocycles. The third kappa shape index (κ3) is 4.91. The van der Waals surface area contributed by atoms with Gasteiger partial charge in [-0.05, 0) is 56.2 Å². The monoisotopic (exact) mass is 363 g/mol. The Bertz CT molecular complexity index is 723. The molecular weight excluding hydrogens is 341 g/mol. The van der Waals surface area contributed by atoms with Crippen LogP contribution in [0.5, 0.6) is 0 Å². The normalized spacial score (nSPS) is 19.3. The van der Waals surface area contributed by atoms with Gasteiger partial charge in [-0.2, -0.15) is 0 Å². The van der Waals surface area contributed by atoms with Crippen molar-refractivity contribution < 1.29 is 28.2 Å². The maximum absolute atomic E-state index is 14.2. The number of nitrogens with one attached hydrogen (secondary N) is 1. The Balaban J connectivity index is 1.98. The fraction of sp³-hybridized carbons (Fsp3) is 0.421. The molecule has 0 heterocycles. The number of hydrogen-bond donors (Lipinski definition) is 1. The maximum Gasteiger partial charge on any atom is 0.396 e. The average molecular weight is 363 g/mol. The third-order valence-electron chi connectivity index (χ3n) is 4.42. The first-order valence-corrected chi connectivity index (χ1v) is 8.37. The van der Waals surface area contributed by atoms with Gasteiger partial charge in [0.1, 0.15) is 5.82 Å². The molecule has 140 valence electrons. The average Bonchev–Trinajstić information content (AvgIpc) is 2.62. The summed E-state index contributed by atoms with van der Waals surface area (Å²) in [6, 6.07) is 4.49. The molecule has 2 rings (SSSR count). The van der Waals surface area contributed by atoms with Gasteiger partial charge in [-0.25, -0.2) is 9.18 Å². The molecule has 0 bridgehead atoms. The van der Waals surface area contributed by atoms with Gasteiger partial charge in [0.15, 0.2) is 0 Å². The van der Waals surface area contributed by atoms with E-state index in [-0.39, 0.29) is 23.5 Å². The lowest BCUT2D eigenvalue weighted by molar-refractivity contribution is -0.150. The molecule has 0 radical (unpaired) electrons. The molecule has 1 fully saturated rings. The number of anilines is 1. The van der Waals surface area contributed by atoms with E-state index < -0.39 is 17.7 Å². The van der Waals surface area contributed by atoms with Crippen molar-refractivity contribution in [1.82, 2.24) is 0 Å². The van der Waals surface area contributed by atoms with Gasteiger partial charge >= 0.3 is 17.8 Å². The van der Waals surface area contributed by atoms with E-state index in [2.05, 4.69) is 16.6 Å². The first-order valence-electron chi connectivity index (χ1n) is 8.37. The molecule has 0 atom stereocenters. The number of ether oxygens (including phenoxy) is 2. The van der Waals surface area contributed by atoms with Gasteiger partial charge in [0.25, 0.3) is 0 Å². The van der Waals surface area contributed by atoms with Crippen LogP contribution in [0.25, 0.3) is 0 Å².